The summed E-state index contributed by atoms with van der Waals surface area (Å²) in [5.41, 5.74) is 7.72. The molecule has 0 saturated carbocycles. The van der Waals surface area contributed by atoms with E-state index in [2.05, 4.69) is 51.8 Å². The van der Waals surface area contributed by atoms with Crippen molar-refractivity contribution >= 4 is 33.4 Å². The topological polar surface area (TPSA) is 90.3 Å². The van der Waals surface area contributed by atoms with Crippen molar-refractivity contribution in [3.63, 3.8) is 0 Å². The van der Waals surface area contributed by atoms with Gasteiger partial charge < -0.3 is 20.8 Å². The van der Waals surface area contributed by atoms with Crippen LogP contribution in [0.2, 0.25) is 5.02 Å². The smallest absolute Gasteiger partial charge is 0.146 e. The maximum atomic E-state index is 14.4. The van der Waals surface area contributed by atoms with Crippen LogP contribution in [0, 0.1) is 12.7 Å². The summed E-state index contributed by atoms with van der Waals surface area (Å²) in [5.74, 6) is -0.290. The van der Waals surface area contributed by atoms with Crippen molar-refractivity contribution in [2.24, 2.45) is 0 Å². The molecule has 244 valence electrons. The number of rotatable bonds is 9. The Kier molecular flexibility index (Phi) is 8.97. The number of pyridine rings is 2. The third-order valence-corrected chi connectivity index (χ3v) is 9.38. The number of hydrogen-bond acceptors (Lipinski definition) is 6. The second-order valence-electron chi connectivity index (χ2n) is 12.1. The minimum absolute atomic E-state index is 0.00333. The number of aromatic nitrogens is 2. The summed E-state index contributed by atoms with van der Waals surface area (Å²) >= 11 is 6.53. The van der Waals surface area contributed by atoms with E-state index in [1.165, 1.54) is 23.8 Å². The average molecular weight is 669 g/mol. The van der Waals surface area contributed by atoms with E-state index in [1.54, 1.807) is 19.4 Å². The minimum atomic E-state index is -0.604. The molecule has 2 aromatic heterocycles. The second-order valence-corrected chi connectivity index (χ2v) is 12.6. The fraction of sp³-hybridized carbons (Fsp3) is 0.122. The molecule has 2 atom stereocenters. The molecule has 0 aliphatic heterocycles. The highest BCUT2D eigenvalue weighted by molar-refractivity contribution is 6.31. The summed E-state index contributed by atoms with van der Waals surface area (Å²) < 4.78 is 14.4. The van der Waals surface area contributed by atoms with Gasteiger partial charge in [-0.25, -0.2) is 4.39 Å². The maximum Gasteiger partial charge on any atom is 0.146 e. The zero-order valence-corrected chi connectivity index (χ0v) is 27.7. The predicted molar refractivity (Wildman–Crippen MR) is 194 cm³/mol. The first-order valence-electron chi connectivity index (χ1n) is 16.0. The minimum Gasteiger partial charge on any atom is -0.505 e. The SMILES string of the molecule is CNC(c1cc(F)ccc1Cl)c1cc(-c2ccc(C(NCc3ccc(C)cc3)c3ccc4cccnc4c3O)cc2)c2cccnc2c1O. The lowest BCUT2D eigenvalue weighted by molar-refractivity contribution is 0.461. The summed E-state index contributed by atoms with van der Waals surface area (Å²) in [6.45, 7) is 2.64. The number of hydrogen-bond donors (Lipinski definition) is 4. The largest absolute Gasteiger partial charge is 0.505 e. The second kappa shape index (κ2) is 13.6. The van der Waals surface area contributed by atoms with Gasteiger partial charge in [0, 0.05) is 45.9 Å². The molecule has 49 heavy (non-hydrogen) atoms. The van der Waals surface area contributed by atoms with Gasteiger partial charge >= 0.3 is 0 Å². The summed E-state index contributed by atoms with van der Waals surface area (Å²) in [6, 6.07) is 33.1. The van der Waals surface area contributed by atoms with Crippen LogP contribution >= 0.6 is 11.6 Å². The number of phenolic OH excluding ortho intramolecular Hbond substituents is 2. The molecule has 0 bridgehead atoms. The highest BCUT2D eigenvalue weighted by Crippen LogP contribution is 2.42. The Labute approximate surface area is 288 Å². The number of aromatic hydroxyl groups is 2. The molecular formula is C41H34ClFN4O2. The van der Waals surface area contributed by atoms with Gasteiger partial charge in [-0.2, -0.15) is 0 Å². The first-order chi connectivity index (χ1) is 23.8. The number of phenols is 2. The molecule has 0 radical (unpaired) electrons. The van der Waals surface area contributed by atoms with Crippen molar-refractivity contribution in [1.29, 1.82) is 0 Å². The standard InChI is InChI=1S/C41H34ClFN4O2/c1-24-7-9-25(10-8-24)23-47-36(31-17-15-27-5-3-19-45-37(27)40(31)48)28-13-11-26(12-14-28)32-22-34(41(49)39-30(32)6-4-20-46-39)38(44-2)33-21-29(43)16-18-35(33)42/h3-22,36,38,44,47-49H,23H2,1-2H3. The van der Waals surface area contributed by atoms with Gasteiger partial charge in [0.05, 0.1) is 12.1 Å². The zero-order valence-electron chi connectivity index (χ0n) is 27.0. The Hall–Kier alpha value is -5.34. The van der Waals surface area contributed by atoms with Crippen molar-refractivity contribution in [2.75, 3.05) is 7.05 Å². The van der Waals surface area contributed by atoms with Crippen LogP contribution < -0.4 is 10.6 Å². The van der Waals surface area contributed by atoms with Gasteiger partial charge in [0.2, 0.25) is 0 Å². The molecule has 7 rings (SSSR count). The Morgan fingerprint density at radius 3 is 2.20 bits per heavy atom. The van der Waals surface area contributed by atoms with Crippen molar-refractivity contribution in [3.05, 3.63) is 166 Å². The molecule has 0 spiro atoms. The molecule has 0 amide bonds. The first kappa shape index (κ1) is 32.2. The number of aryl methyl sites for hydroxylation is 1. The van der Waals surface area contributed by atoms with E-state index in [-0.39, 0.29) is 17.5 Å². The lowest BCUT2D eigenvalue weighted by Gasteiger charge is -2.23. The molecule has 2 heterocycles. The number of halogens is 2. The van der Waals surface area contributed by atoms with Gasteiger partial charge in [-0.3, -0.25) is 9.97 Å². The zero-order chi connectivity index (χ0) is 34.1. The lowest BCUT2D eigenvalue weighted by Crippen LogP contribution is -2.22. The van der Waals surface area contributed by atoms with Gasteiger partial charge in [-0.1, -0.05) is 90.0 Å². The fourth-order valence-electron chi connectivity index (χ4n) is 6.49. The fourth-order valence-corrected chi connectivity index (χ4v) is 6.72. The number of benzene rings is 5. The Morgan fingerprint density at radius 2 is 1.45 bits per heavy atom. The number of nitrogens with one attached hydrogen (secondary N) is 2. The van der Waals surface area contributed by atoms with Crippen LogP contribution in [0.4, 0.5) is 4.39 Å². The summed E-state index contributed by atoms with van der Waals surface area (Å²) in [4.78, 5) is 8.99. The van der Waals surface area contributed by atoms with Gasteiger partial charge in [0.25, 0.3) is 0 Å². The summed E-state index contributed by atoms with van der Waals surface area (Å²) in [6.07, 6.45) is 3.32. The quantitative estimate of drug-likeness (QED) is 0.123. The van der Waals surface area contributed by atoms with Crippen LogP contribution in [-0.2, 0) is 6.54 Å². The van der Waals surface area contributed by atoms with Crippen molar-refractivity contribution in [3.8, 4) is 22.6 Å². The third kappa shape index (κ3) is 6.32. The Morgan fingerprint density at radius 1 is 0.735 bits per heavy atom. The molecule has 0 aliphatic rings. The highest BCUT2D eigenvalue weighted by atomic mass is 35.5. The van der Waals surface area contributed by atoms with E-state index in [4.69, 9.17) is 11.6 Å². The van der Waals surface area contributed by atoms with Crippen LogP contribution in [0.15, 0.2) is 122 Å². The molecule has 6 nitrogen and oxygen atoms in total. The molecule has 7 aromatic rings. The molecule has 8 heteroatoms. The molecular weight excluding hydrogens is 635 g/mol. The van der Waals surface area contributed by atoms with Crippen LogP contribution in [0.3, 0.4) is 0 Å². The van der Waals surface area contributed by atoms with E-state index in [0.717, 1.165) is 38.6 Å². The lowest BCUT2D eigenvalue weighted by atomic mass is 9.90. The van der Waals surface area contributed by atoms with Gasteiger partial charge in [-0.05, 0) is 78.2 Å². The number of fused-ring (bicyclic) bond motifs is 2. The molecule has 0 fully saturated rings. The average Bonchev–Trinajstić information content (AvgIpc) is 3.13. The maximum absolute atomic E-state index is 14.4. The van der Waals surface area contributed by atoms with Crippen LogP contribution in [-0.4, -0.2) is 27.2 Å². The molecule has 0 aliphatic carbocycles. The highest BCUT2D eigenvalue weighted by Gasteiger charge is 2.24. The van der Waals surface area contributed by atoms with Gasteiger partial charge in [0.15, 0.2) is 0 Å². The Balaban J connectivity index is 1.32. The van der Waals surface area contributed by atoms with Crippen LogP contribution in [0.5, 0.6) is 11.5 Å². The van der Waals surface area contributed by atoms with Crippen molar-refractivity contribution in [2.45, 2.75) is 25.6 Å². The monoisotopic (exact) mass is 668 g/mol. The molecule has 4 N–H and O–H groups in total. The molecule has 2 unspecified atom stereocenters. The van der Waals surface area contributed by atoms with E-state index >= 15 is 0 Å². The van der Waals surface area contributed by atoms with E-state index in [0.29, 0.717) is 33.7 Å². The van der Waals surface area contributed by atoms with Crippen LogP contribution in [0.1, 0.15) is 45.5 Å². The third-order valence-electron chi connectivity index (χ3n) is 9.04. The van der Waals surface area contributed by atoms with Crippen molar-refractivity contribution in [1.82, 2.24) is 20.6 Å². The Bertz CT molecular complexity index is 2290. The summed E-state index contributed by atoms with van der Waals surface area (Å²) in [5, 5.41) is 31.8. The molecule has 0 saturated heterocycles. The first-order valence-corrected chi connectivity index (χ1v) is 16.4. The number of nitrogens with zero attached hydrogens (tertiary/aromatic N) is 2. The molecule has 5 aromatic carbocycles. The normalized spacial score (nSPS) is 12.7. The van der Waals surface area contributed by atoms with E-state index in [9.17, 15) is 14.6 Å². The van der Waals surface area contributed by atoms with E-state index < -0.39 is 11.9 Å². The van der Waals surface area contributed by atoms with Gasteiger partial charge in [0.1, 0.15) is 28.3 Å². The predicted octanol–water partition coefficient (Wildman–Crippen LogP) is 9.15. The van der Waals surface area contributed by atoms with Crippen molar-refractivity contribution < 1.29 is 14.6 Å². The van der Waals surface area contributed by atoms with Gasteiger partial charge in [-0.15, -0.1) is 0 Å². The van der Waals surface area contributed by atoms with E-state index in [1.807, 2.05) is 66.7 Å². The van der Waals surface area contributed by atoms with Crippen LogP contribution in [0.25, 0.3) is 32.9 Å². The summed E-state index contributed by atoms with van der Waals surface area (Å²) in [7, 11) is 1.74.